The zero-order valence-electron chi connectivity index (χ0n) is 12.7. The highest BCUT2D eigenvalue weighted by Gasteiger charge is 2.38. The van der Waals surface area contributed by atoms with E-state index in [0.717, 1.165) is 49.2 Å². The van der Waals surface area contributed by atoms with Crippen molar-refractivity contribution < 1.29 is 9.47 Å². The SMILES string of the molecule is CCOC1(c2nc3c(c(NN)n2)COCC3)CCCCC1. The van der Waals surface area contributed by atoms with Gasteiger partial charge in [-0.3, -0.25) is 0 Å². The molecule has 1 aliphatic heterocycles. The lowest BCUT2D eigenvalue weighted by Crippen LogP contribution is -2.36. The molecule has 6 heteroatoms. The fourth-order valence-electron chi connectivity index (χ4n) is 3.39. The van der Waals surface area contributed by atoms with Gasteiger partial charge in [-0.05, 0) is 19.8 Å². The highest BCUT2D eigenvalue weighted by molar-refractivity contribution is 5.46. The van der Waals surface area contributed by atoms with E-state index in [1.165, 1.54) is 6.42 Å². The van der Waals surface area contributed by atoms with Crippen LogP contribution in [0.5, 0.6) is 0 Å². The Balaban J connectivity index is 2.03. The van der Waals surface area contributed by atoms with E-state index in [0.29, 0.717) is 25.6 Å². The van der Waals surface area contributed by atoms with Crippen LogP contribution in [0.25, 0.3) is 0 Å². The van der Waals surface area contributed by atoms with E-state index >= 15 is 0 Å². The highest BCUT2D eigenvalue weighted by atomic mass is 16.5. The minimum Gasteiger partial charge on any atom is -0.376 e. The standard InChI is InChI=1S/C15H24N4O2/c1-2-21-15(7-4-3-5-8-15)14-17-12-6-9-20-10-11(12)13(18-14)19-16/h2-10,16H2,1H3,(H,17,18,19). The zero-order chi connectivity index (χ0) is 14.7. The molecule has 1 saturated carbocycles. The molecular weight excluding hydrogens is 268 g/mol. The monoisotopic (exact) mass is 292 g/mol. The second-order valence-corrected chi connectivity index (χ2v) is 5.76. The molecule has 0 aromatic carbocycles. The summed E-state index contributed by atoms with van der Waals surface area (Å²) in [6.45, 7) is 3.94. The van der Waals surface area contributed by atoms with Crippen LogP contribution in [0.2, 0.25) is 0 Å². The molecule has 6 nitrogen and oxygen atoms in total. The van der Waals surface area contributed by atoms with E-state index in [-0.39, 0.29) is 5.60 Å². The number of hydrazine groups is 1. The number of fused-ring (bicyclic) bond motifs is 1. The van der Waals surface area contributed by atoms with Gasteiger partial charge in [0.05, 0.1) is 18.9 Å². The third-order valence-corrected chi connectivity index (χ3v) is 4.45. The number of nitrogens with two attached hydrogens (primary N) is 1. The van der Waals surface area contributed by atoms with Crippen LogP contribution in [0, 0.1) is 0 Å². The summed E-state index contributed by atoms with van der Waals surface area (Å²) < 4.78 is 11.6. The number of nitrogens with one attached hydrogen (secondary N) is 1. The van der Waals surface area contributed by atoms with Crippen molar-refractivity contribution in [2.45, 2.75) is 57.7 Å². The Morgan fingerprint density at radius 2 is 2.10 bits per heavy atom. The maximum atomic E-state index is 6.12. The summed E-state index contributed by atoms with van der Waals surface area (Å²) in [4.78, 5) is 9.49. The van der Waals surface area contributed by atoms with E-state index in [2.05, 4.69) is 10.4 Å². The van der Waals surface area contributed by atoms with E-state index in [1.807, 2.05) is 6.92 Å². The lowest BCUT2D eigenvalue weighted by Gasteiger charge is -2.36. The summed E-state index contributed by atoms with van der Waals surface area (Å²) in [5.41, 5.74) is 4.39. The number of aromatic nitrogens is 2. The lowest BCUT2D eigenvalue weighted by atomic mass is 9.83. The van der Waals surface area contributed by atoms with Crippen LogP contribution in [0.1, 0.15) is 56.1 Å². The van der Waals surface area contributed by atoms with Gasteiger partial charge in [-0.2, -0.15) is 0 Å². The molecule has 1 aromatic rings. The molecule has 0 radical (unpaired) electrons. The molecule has 0 bridgehead atoms. The minimum absolute atomic E-state index is 0.341. The van der Waals surface area contributed by atoms with Crippen molar-refractivity contribution >= 4 is 5.82 Å². The Morgan fingerprint density at radius 3 is 2.81 bits per heavy atom. The van der Waals surface area contributed by atoms with Crippen molar-refractivity contribution in [3.63, 3.8) is 0 Å². The van der Waals surface area contributed by atoms with Crippen LogP contribution in [0.4, 0.5) is 5.82 Å². The van der Waals surface area contributed by atoms with Crippen LogP contribution >= 0.6 is 0 Å². The van der Waals surface area contributed by atoms with Gasteiger partial charge in [0.15, 0.2) is 5.82 Å². The number of nitrogen functional groups attached to an aromatic ring is 1. The minimum atomic E-state index is -0.341. The first kappa shape index (κ1) is 14.7. The molecule has 0 saturated heterocycles. The van der Waals surface area contributed by atoms with Crippen molar-refractivity contribution in [3.05, 3.63) is 17.1 Å². The molecule has 0 amide bonds. The second kappa shape index (κ2) is 6.25. The fraction of sp³-hybridized carbons (Fsp3) is 0.733. The van der Waals surface area contributed by atoms with Crippen molar-refractivity contribution in [2.75, 3.05) is 18.6 Å². The van der Waals surface area contributed by atoms with Gasteiger partial charge < -0.3 is 14.9 Å². The predicted molar refractivity (Wildman–Crippen MR) is 79.6 cm³/mol. The van der Waals surface area contributed by atoms with Crippen molar-refractivity contribution in [3.8, 4) is 0 Å². The molecular formula is C15H24N4O2. The van der Waals surface area contributed by atoms with Crippen LogP contribution in [-0.4, -0.2) is 23.2 Å². The first-order valence-electron chi connectivity index (χ1n) is 7.87. The van der Waals surface area contributed by atoms with Gasteiger partial charge in [0, 0.05) is 18.6 Å². The van der Waals surface area contributed by atoms with Crippen LogP contribution in [0.15, 0.2) is 0 Å². The zero-order valence-corrected chi connectivity index (χ0v) is 12.7. The van der Waals surface area contributed by atoms with Crippen LogP contribution in [0.3, 0.4) is 0 Å². The summed E-state index contributed by atoms with van der Waals surface area (Å²) in [5, 5.41) is 0. The first-order valence-corrected chi connectivity index (χ1v) is 7.87. The number of rotatable bonds is 4. The maximum Gasteiger partial charge on any atom is 0.162 e. The molecule has 0 spiro atoms. The number of hydrogen-bond donors (Lipinski definition) is 2. The Hall–Kier alpha value is -1.24. The highest BCUT2D eigenvalue weighted by Crippen LogP contribution is 2.40. The molecule has 3 rings (SSSR count). The lowest BCUT2D eigenvalue weighted by molar-refractivity contribution is -0.0769. The first-order chi connectivity index (χ1) is 10.3. The largest absolute Gasteiger partial charge is 0.376 e. The van der Waals surface area contributed by atoms with Crippen molar-refractivity contribution in [1.29, 1.82) is 0 Å². The molecule has 1 aliphatic carbocycles. The number of nitrogens with zero attached hydrogens (tertiary/aromatic N) is 2. The molecule has 116 valence electrons. The summed E-state index contributed by atoms with van der Waals surface area (Å²) in [6, 6.07) is 0. The second-order valence-electron chi connectivity index (χ2n) is 5.76. The van der Waals surface area contributed by atoms with Crippen molar-refractivity contribution in [1.82, 2.24) is 9.97 Å². The van der Waals surface area contributed by atoms with Gasteiger partial charge in [0.1, 0.15) is 11.4 Å². The summed E-state index contributed by atoms with van der Waals surface area (Å²) in [5.74, 6) is 7.12. The fourth-order valence-corrected chi connectivity index (χ4v) is 3.39. The average molecular weight is 292 g/mol. The molecule has 3 N–H and O–H groups in total. The Labute approximate surface area is 125 Å². The van der Waals surface area contributed by atoms with E-state index in [9.17, 15) is 0 Å². The van der Waals surface area contributed by atoms with Gasteiger partial charge in [-0.25, -0.2) is 15.8 Å². The Kier molecular flexibility index (Phi) is 4.37. The molecule has 2 aliphatic rings. The van der Waals surface area contributed by atoms with Crippen LogP contribution in [-0.2, 0) is 28.1 Å². The number of hydrogen-bond acceptors (Lipinski definition) is 6. The summed E-state index contributed by atoms with van der Waals surface area (Å²) >= 11 is 0. The Bertz CT molecular complexity index is 478. The van der Waals surface area contributed by atoms with Crippen molar-refractivity contribution in [2.24, 2.45) is 5.84 Å². The predicted octanol–water partition coefficient (Wildman–Crippen LogP) is 2.03. The van der Waals surface area contributed by atoms with Gasteiger partial charge in [0.2, 0.25) is 0 Å². The number of ether oxygens (including phenoxy) is 2. The maximum absolute atomic E-state index is 6.12. The third kappa shape index (κ3) is 2.75. The quantitative estimate of drug-likeness (QED) is 0.652. The third-order valence-electron chi connectivity index (χ3n) is 4.45. The van der Waals surface area contributed by atoms with Gasteiger partial charge >= 0.3 is 0 Å². The summed E-state index contributed by atoms with van der Waals surface area (Å²) in [6.07, 6.45) is 6.36. The van der Waals surface area contributed by atoms with Gasteiger partial charge in [-0.1, -0.05) is 19.3 Å². The van der Waals surface area contributed by atoms with Crippen LogP contribution < -0.4 is 11.3 Å². The molecule has 1 aromatic heterocycles. The average Bonchev–Trinajstić information content (AvgIpc) is 2.55. The smallest absolute Gasteiger partial charge is 0.162 e. The molecule has 1 fully saturated rings. The number of anilines is 1. The Morgan fingerprint density at radius 1 is 1.29 bits per heavy atom. The van der Waals surface area contributed by atoms with Gasteiger partial charge in [0.25, 0.3) is 0 Å². The molecule has 0 atom stereocenters. The molecule has 2 heterocycles. The topological polar surface area (TPSA) is 82.3 Å². The van der Waals surface area contributed by atoms with Gasteiger partial charge in [-0.15, -0.1) is 0 Å². The normalized spacial score (nSPS) is 20.9. The van der Waals surface area contributed by atoms with E-state index in [1.54, 1.807) is 0 Å². The molecule has 0 unspecified atom stereocenters. The van der Waals surface area contributed by atoms with E-state index < -0.39 is 0 Å². The summed E-state index contributed by atoms with van der Waals surface area (Å²) in [7, 11) is 0. The molecule has 21 heavy (non-hydrogen) atoms. The van der Waals surface area contributed by atoms with E-state index in [4.69, 9.17) is 20.3 Å².